The summed E-state index contributed by atoms with van der Waals surface area (Å²) >= 11 is 5.87. The van der Waals surface area contributed by atoms with E-state index < -0.39 is 0 Å². The molecule has 21 heavy (non-hydrogen) atoms. The van der Waals surface area contributed by atoms with E-state index in [9.17, 15) is 4.79 Å². The lowest BCUT2D eigenvalue weighted by Gasteiger charge is -2.14. The van der Waals surface area contributed by atoms with Gasteiger partial charge in [0.05, 0.1) is 11.6 Å². The molecule has 1 heterocycles. The normalized spacial score (nSPS) is 14.7. The summed E-state index contributed by atoms with van der Waals surface area (Å²) < 4.78 is 1.93. The van der Waals surface area contributed by atoms with Crippen molar-refractivity contribution in [1.29, 1.82) is 0 Å². The van der Waals surface area contributed by atoms with Gasteiger partial charge < -0.3 is 4.57 Å². The summed E-state index contributed by atoms with van der Waals surface area (Å²) in [6.07, 6.45) is 2.17. The minimum atomic E-state index is 0.0675. The van der Waals surface area contributed by atoms with Crippen LogP contribution in [0.5, 0.6) is 0 Å². The Bertz CT molecular complexity index is 696. The van der Waals surface area contributed by atoms with Crippen molar-refractivity contribution in [2.75, 3.05) is 0 Å². The van der Waals surface area contributed by atoms with Crippen LogP contribution in [0.3, 0.4) is 0 Å². The first kappa shape index (κ1) is 14.4. The number of rotatable bonds is 4. The SMILES string of the molecule is CC(C)c1ccc(-c2ccc(CCl)c(=O)n2C2CC2)cc1. The van der Waals surface area contributed by atoms with Gasteiger partial charge in [-0.3, -0.25) is 4.79 Å². The van der Waals surface area contributed by atoms with Gasteiger partial charge in [-0.05, 0) is 36.0 Å². The monoisotopic (exact) mass is 301 g/mol. The summed E-state index contributed by atoms with van der Waals surface area (Å²) in [5, 5.41) is 0. The van der Waals surface area contributed by atoms with Crippen molar-refractivity contribution in [1.82, 2.24) is 4.57 Å². The Morgan fingerprint density at radius 1 is 1.14 bits per heavy atom. The van der Waals surface area contributed by atoms with Gasteiger partial charge in [0.2, 0.25) is 0 Å². The second kappa shape index (κ2) is 5.69. The van der Waals surface area contributed by atoms with E-state index in [-0.39, 0.29) is 11.4 Å². The topological polar surface area (TPSA) is 22.0 Å². The molecule has 0 unspecified atom stereocenters. The highest BCUT2D eigenvalue weighted by molar-refractivity contribution is 6.17. The minimum absolute atomic E-state index is 0.0675. The molecule has 3 heteroatoms. The van der Waals surface area contributed by atoms with Gasteiger partial charge in [0.15, 0.2) is 0 Å². The maximum atomic E-state index is 12.5. The Morgan fingerprint density at radius 3 is 2.33 bits per heavy atom. The Morgan fingerprint density at radius 2 is 1.81 bits per heavy atom. The maximum Gasteiger partial charge on any atom is 0.255 e. The molecule has 1 aromatic carbocycles. The Kier molecular flexibility index (Phi) is 3.90. The average Bonchev–Trinajstić information content (AvgIpc) is 3.31. The fourth-order valence-corrected chi connectivity index (χ4v) is 2.87. The van der Waals surface area contributed by atoms with E-state index in [2.05, 4.69) is 38.1 Å². The quantitative estimate of drug-likeness (QED) is 0.749. The molecule has 3 rings (SSSR count). The average molecular weight is 302 g/mol. The van der Waals surface area contributed by atoms with Gasteiger partial charge in [0.25, 0.3) is 5.56 Å². The summed E-state index contributed by atoms with van der Waals surface area (Å²) in [5.74, 6) is 0.793. The molecule has 0 radical (unpaired) electrons. The van der Waals surface area contributed by atoms with Crippen molar-refractivity contribution in [3.05, 3.63) is 57.9 Å². The van der Waals surface area contributed by atoms with Gasteiger partial charge in [0.1, 0.15) is 0 Å². The van der Waals surface area contributed by atoms with Crippen LogP contribution in [-0.4, -0.2) is 4.57 Å². The molecule has 0 saturated heterocycles. The van der Waals surface area contributed by atoms with E-state index in [0.717, 1.165) is 24.1 Å². The molecule has 0 spiro atoms. The Balaban J connectivity index is 2.09. The highest BCUT2D eigenvalue weighted by atomic mass is 35.5. The molecule has 1 fully saturated rings. The Hall–Kier alpha value is -1.54. The molecule has 1 aliphatic rings. The molecule has 1 aliphatic carbocycles. The number of aromatic nitrogens is 1. The molecule has 2 nitrogen and oxygen atoms in total. The molecule has 1 aromatic heterocycles. The molecular formula is C18H20ClNO. The van der Waals surface area contributed by atoms with E-state index in [1.807, 2.05) is 16.7 Å². The molecule has 0 amide bonds. The predicted molar refractivity (Wildman–Crippen MR) is 88.1 cm³/mol. The molecular weight excluding hydrogens is 282 g/mol. The fourth-order valence-electron chi connectivity index (χ4n) is 2.67. The van der Waals surface area contributed by atoms with E-state index in [1.165, 1.54) is 5.56 Å². The van der Waals surface area contributed by atoms with Crippen LogP contribution in [-0.2, 0) is 5.88 Å². The van der Waals surface area contributed by atoms with Crippen molar-refractivity contribution in [3.8, 4) is 11.3 Å². The molecule has 2 aromatic rings. The van der Waals surface area contributed by atoms with Crippen LogP contribution in [0.2, 0.25) is 0 Å². The first-order valence-electron chi connectivity index (χ1n) is 7.52. The van der Waals surface area contributed by atoms with E-state index in [1.54, 1.807) is 0 Å². The minimum Gasteiger partial charge on any atom is -0.305 e. The first-order valence-corrected chi connectivity index (χ1v) is 8.06. The number of hydrogen-bond acceptors (Lipinski definition) is 1. The first-order chi connectivity index (χ1) is 10.1. The third kappa shape index (κ3) is 2.77. The zero-order valence-corrected chi connectivity index (χ0v) is 13.2. The van der Waals surface area contributed by atoms with Crippen molar-refractivity contribution >= 4 is 11.6 Å². The number of alkyl halides is 1. The summed E-state index contributed by atoms with van der Waals surface area (Å²) in [6, 6.07) is 12.8. The van der Waals surface area contributed by atoms with Crippen LogP contribution >= 0.6 is 11.6 Å². The smallest absolute Gasteiger partial charge is 0.255 e. The molecule has 0 atom stereocenters. The molecule has 110 valence electrons. The second-order valence-corrected chi connectivity index (χ2v) is 6.33. The number of hydrogen-bond donors (Lipinski definition) is 0. The highest BCUT2D eigenvalue weighted by Crippen LogP contribution is 2.37. The summed E-state index contributed by atoms with van der Waals surface area (Å²) in [6.45, 7) is 4.37. The van der Waals surface area contributed by atoms with Gasteiger partial charge in [0, 0.05) is 11.6 Å². The van der Waals surface area contributed by atoms with Gasteiger partial charge in [-0.15, -0.1) is 11.6 Å². The molecule has 0 bridgehead atoms. The van der Waals surface area contributed by atoms with Crippen LogP contribution in [0, 0.1) is 0 Å². The van der Waals surface area contributed by atoms with Crippen LogP contribution in [0.25, 0.3) is 11.3 Å². The predicted octanol–water partition coefficient (Wildman–Crippen LogP) is 4.71. The van der Waals surface area contributed by atoms with Crippen molar-refractivity contribution < 1.29 is 0 Å². The fraction of sp³-hybridized carbons (Fsp3) is 0.389. The standard InChI is InChI=1S/C18H20ClNO/c1-12(2)13-3-5-14(6-4-13)17-10-7-15(11-19)18(21)20(17)16-8-9-16/h3-7,10,12,16H,8-9,11H2,1-2H3. The van der Waals surface area contributed by atoms with Gasteiger partial charge in [-0.2, -0.15) is 0 Å². The highest BCUT2D eigenvalue weighted by Gasteiger charge is 2.27. The summed E-state index contributed by atoms with van der Waals surface area (Å²) in [7, 11) is 0. The zero-order chi connectivity index (χ0) is 15.0. The van der Waals surface area contributed by atoms with Crippen molar-refractivity contribution in [3.63, 3.8) is 0 Å². The lowest BCUT2D eigenvalue weighted by Crippen LogP contribution is -2.23. The van der Waals surface area contributed by atoms with Crippen molar-refractivity contribution in [2.45, 2.75) is 44.5 Å². The van der Waals surface area contributed by atoms with E-state index in [0.29, 0.717) is 17.5 Å². The largest absolute Gasteiger partial charge is 0.305 e. The van der Waals surface area contributed by atoms with E-state index >= 15 is 0 Å². The Labute approximate surface area is 130 Å². The van der Waals surface area contributed by atoms with Gasteiger partial charge in [-0.25, -0.2) is 0 Å². The second-order valence-electron chi connectivity index (χ2n) is 6.06. The number of nitrogens with zero attached hydrogens (tertiary/aromatic N) is 1. The van der Waals surface area contributed by atoms with Gasteiger partial charge >= 0.3 is 0 Å². The summed E-state index contributed by atoms with van der Waals surface area (Å²) in [4.78, 5) is 12.5. The lowest BCUT2D eigenvalue weighted by atomic mass is 10.0. The van der Waals surface area contributed by atoms with Gasteiger partial charge in [-0.1, -0.05) is 44.2 Å². The summed E-state index contributed by atoms with van der Waals surface area (Å²) in [5.41, 5.74) is 4.18. The van der Waals surface area contributed by atoms with Crippen LogP contribution in [0.1, 0.15) is 49.8 Å². The number of benzene rings is 1. The zero-order valence-electron chi connectivity index (χ0n) is 12.5. The lowest BCUT2D eigenvalue weighted by molar-refractivity contribution is 0.709. The van der Waals surface area contributed by atoms with E-state index in [4.69, 9.17) is 11.6 Å². The molecule has 0 N–H and O–H groups in total. The third-order valence-corrected chi connectivity index (χ3v) is 4.41. The number of pyridine rings is 1. The molecule has 1 saturated carbocycles. The maximum absolute atomic E-state index is 12.5. The van der Waals surface area contributed by atoms with Crippen molar-refractivity contribution in [2.24, 2.45) is 0 Å². The van der Waals surface area contributed by atoms with Crippen LogP contribution < -0.4 is 5.56 Å². The van der Waals surface area contributed by atoms with Crippen LogP contribution in [0.15, 0.2) is 41.2 Å². The van der Waals surface area contributed by atoms with Crippen LogP contribution in [0.4, 0.5) is 0 Å². The number of halogens is 1. The molecule has 0 aliphatic heterocycles. The third-order valence-electron chi connectivity index (χ3n) is 4.12.